The van der Waals surface area contributed by atoms with Crippen molar-refractivity contribution in [2.45, 2.75) is 43.3 Å². The van der Waals surface area contributed by atoms with Gasteiger partial charge in [0.2, 0.25) is 15.9 Å². The lowest BCUT2D eigenvalue weighted by Crippen LogP contribution is -2.50. The van der Waals surface area contributed by atoms with Crippen molar-refractivity contribution in [2.24, 2.45) is 0 Å². The van der Waals surface area contributed by atoms with E-state index in [1.165, 1.54) is 34.6 Å². The average molecular weight is 442 g/mol. The van der Waals surface area contributed by atoms with Crippen LogP contribution in [0.4, 0.5) is 0 Å². The van der Waals surface area contributed by atoms with Gasteiger partial charge in [-0.25, -0.2) is 8.42 Å². The molecule has 0 radical (unpaired) electrons. The molecule has 0 saturated carbocycles. The summed E-state index contributed by atoms with van der Waals surface area (Å²) in [5.41, 5.74) is 1.38. The highest BCUT2D eigenvalue weighted by molar-refractivity contribution is 7.89. The Morgan fingerprint density at radius 3 is 2.42 bits per heavy atom. The Labute approximate surface area is 183 Å². The fourth-order valence-corrected chi connectivity index (χ4v) is 5.35. The SMILES string of the molecule is C=CC(=O)NC1CCN(S(=O)(=O)c2ccc(C(=O)NCc3ccccc3)cc2)C(C)C1. The lowest BCUT2D eigenvalue weighted by atomic mass is 10.0. The minimum Gasteiger partial charge on any atom is -0.350 e. The number of amides is 2. The van der Waals surface area contributed by atoms with Gasteiger partial charge in [-0.05, 0) is 55.7 Å². The van der Waals surface area contributed by atoms with Gasteiger partial charge in [-0.1, -0.05) is 36.9 Å². The number of carbonyl (C=O) groups excluding carboxylic acids is 2. The number of carbonyl (C=O) groups is 2. The van der Waals surface area contributed by atoms with E-state index in [4.69, 9.17) is 0 Å². The van der Waals surface area contributed by atoms with Crippen molar-refractivity contribution in [3.63, 3.8) is 0 Å². The second-order valence-corrected chi connectivity index (χ2v) is 9.48. The van der Waals surface area contributed by atoms with Crippen LogP contribution in [0.5, 0.6) is 0 Å². The summed E-state index contributed by atoms with van der Waals surface area (Å²) in [6.45, 7) is 5.97. The first-order valence-electron chi connectivity index (χ1n) is 10.2. The Morgan fingerprint density at radius 1 is 1.13 bits per heavy atom. The van der Waals surface area contributed by atoms with Gasteiger partial charge in [-0.15, -0.1) is 0 Å². The van der Waals surface area contributed by atoms with Crippen LogP contribution in [0.2, 0.25) is 0 Å². The molecule has 1 heterocycles. The summed E-state index contributed by atoms with van der Waals surface area (Å²) in [6.07, 6.45) is 2.27. The summed E-state index contributed by atoms with van der Waals surface area (Å²) in [5, 5.41) is 5.66. The molecule has 0 bridgehead atoms. The Hall–Kier alpha value is -2.97. The first-order valence-corrected chi connectivity index (χ1v) is 11.6. The molecule has 2 aromatic rings. The van der Waals surface area contributed by atoms with Crippen molar-refractivity contribution in [3.05, 3.63) is 78.4 Å². The number of hydrogen-bond acceptors (Lipinski definition) is 4. The van der Waals surface area contributed by atoms with Crippen LogP contribution >= 0.6 is 0 Å². The standard InChI is InChI=1S/C23H27N3O4S/c1-3-22(27)25-20-13-14-26(17(2)15-20)31(29,30)21-11-9-19(10-12-21)23(28)24-16-18-7-5-4-6-8-18/h3-12,17,20H,1,13-16H2,2H3,(H,24,28)(H,25,27). The highest BCUT2D eigenvalue weighted by atomic mass is 32.2. The summed E-state index contributed by atoms with van der Waals surface area (Å²) in [5.74, 6) is -0.519. The fourth-order valence-electron chi connectivity index (χ4n) is 3.69. The van der Waals surface area contributed by atoms with E-state index in [0.29, 0.717) is 31.5 Å². The molecule has 1 fully saturated rings. The highest BCUT2D eigenvalue weighted by Crippen LogP contribution is 2.25. The van der Waals surface area contributed by atoms with Crippen molar-refractivity contribution in [3.8, 4) is 0 Å². The molecule has 1 aliphatic rings. The van der Waals surface area contributed by atoms with Crippen LogP contribution in [0.3, 0.4) is 0 Å². The maximum absolute atomic E-state index is 13.1. The molecule has 2 unspecified atom stereocenters. The van der Waals surface area contributed by atoms with Gasteiger partial charge in [-0.2, -0.15) is 4.31 Å². The zero-order chi connectivity index (χ0) is 22.4. The van der Waals surface area contributed by atoms with Crippen LogP contribution in [0.15, 0.2) is 72.1 Å². The molecule has 2 atom stereocenters. The van der Waals surface area contributed by atoms with Crippen molar-refractivity contribution in [1.82, 2.24) is 14.9 Å². The molecule has 7 nitrogen and oxygen atoms in total. The summed E-state index contributed by atoms with van der Waals surface area (Å²) >= 11 is 0. The summed E-state index contributed by atoms with van der Waals surface area (Å²) in [4.78, 5) is 24.0. The number of piperidine rings is 1. The van der Waals surface area contributed by atoms with Crippen LogP contribution in [0.25, 0.3) is 0 Å². The van der Waals surface area contributed by atoms with E-state index < -0.39 is 10.0 Å². The Morgan fingerprint density at radius 2 is 1.81 bits per heavy atom. The number of nitrogens with zero attached hydrogens (tertiary/aromatic N) is 1. The van der Waals surface area contributed by atoms with Gasteiger partial charge < -0.3 is 10.6 Å². The van der Waals surface area contributed by atoms with E-state index in [0.717, 1.165) is 5.56 Å². The maximum Gasteiger partial charge on any atom is 0.251 e. The predicted molar refractivity (Wildman–Crippen MR) is 119 cm³/mol. The van der Waals surface area contributed by atoms with Crippen molar-refractivity contribution >= 4 is 21.8 Å². The molecule has 2 aromatic carbocycles. The van der Waals surface area contributed by atoms with Crippen LogP contribution in [0.1, 0.15) is 35.7 Å². The van der Waals surface area contributed by atoms with Crippen molar-refractivity contribution in [2.75, 3.05) is 6.54 Å². The largest absolute Gasteiger partial charge is 0.350 e. The van der Waals surface area contributed by atoms with Crippen molar-refractivity contribution in [1.29, 1.82) is 0 Å². The minimum atomic E-state index is -3.70. The normalized spacial score (nSPS) is 19.4. The third-order valence-electron chi connectivity index (χ3n) is 5.37. The van der Waals surface area contributed by atoms with E-state index in [-0.39, 0.29) is 28.8 Å². The van der Waals surface area contributed by atoms with E-state index in [9.17, 15) is 18.0 Å². The smallest absolute Gasteiger partial charge is 0.251 e. The molecule has 3 rings (SSSR count). The molecular weight excluding hydrogens is 414 g/mol. The van der Waals surface area contributed by atoms with Gasteiger partial charge >= 0.3 is 0 Å². The number of sulfonamides is 1. The third kappa shape index (κ3) is 5.59. The lowest BCUT2D eigenvalue weighted by molar-refractivity contribution is -0.117. The Bertz CT molecular complexity index is 1040. The van der Waals surface area contributed by atoms with Gasteiger partial charge in [0.1, 0.15) is 0 Å². The molecule has 8 heteroatoms. The zero-order valence-corrected chi connectivity index (χ0v) is 18.3. The first-order chi connectivity index (χ1) is 14.8. The first kappa shape index (κ1) is 22.7. The molecule has 2 amide bonds. The topological polar surface area (TPSA) is 95.6 Å². The van der Waals surface area contributed by atoms with Gasteiger partial charge in [0, 0.05) is 30.7 Å². The van der Waals surface area contributed by atoms with E-state index >= 15 is 0 Å². The molecule has 164 valence electrons. The fraction of sp³-hybridized carbons (Fsp3) is 0.304. The Kier molecular flexibility index (Phi) is 7.25. The molecule has 0 spiro atoms. The Balaban J connectivity index is 1.63. The lowest BCUT2D eigenvalue weighted by Gasteiger charge is -2.36. The van der Waals surface area contributed by atoms with Gasteiger partial charge in [-0.3, -0.25) is 9.59 Å². The number of rotatable bonds is 7. The summed E-state index contributed by atoms with van der Waals surface area (Å²) < 4.78 is 27.6. The van der Waals surface area contributed by atoms with E-state index in [1.807, 2.05) is 37.3 Å². The molecule has 2 N–H and O–H groups in total. The number of benzene rings is 2. The second kappa shape index (κ2) is 9.89. The second-order valence-electron chi connectivity index (χ2n) is 7.59. The van der Waals surface area contributed by atoms with E-state index in [2.05, 4.69) is 17.2 Å². The van der Waals surface area contributed by atoms with E-state index in [1.54, 1.807) is 0 Å². The monoisotopic (exact) mass is 441 g/mol. The highest BCUT2D eigenvalue weighted by Gasteiger charge is 2.34. The van der Waals surface area contributed by atoms with Crippen molar-refractivity contribution < 1.29 is 18.0 Å². The maximum atomic E-state index is 13.1. The van der Waals surface area contributed by atoms with Gasteiger partial charge in [0.25, 0.3) is 5.91 Å². The third-order valence-corrected chi connectivity index (χ3v) is 7.39. The molecule has 1 saturated heterocycles. The molecule has 0 aromatic heterocycles. The number of nitrogens with one attached hydrogen (secondary N) is 2. The van der Waals surface area contributed by atoms with Gasteiger partial charge in [0.15, 0.2) is 0 Å². The average Bonchev–Trinajstić information content (AvgIpc) is 2.78. The van der Waals surface area contributed by atoms with Crippen LogP contribution in [-0.4, -0.2) is 43.2 Å². The predicted octanol–water partition coefficient (Wildman–Crippen LogP) is 2.46. The molecular formula is C23H27N3O4S. The minimum absolute atomic E-state index is 0.0809. The quantitative estimate of drug-likeness (QED) is 0.645. The van der Waals surface area contributed by atoms with Crippen LogP contribution < -0.4 is 10.6 Å². The van der Waals surface area contributed by atoms with Crippen LogP contribution in [-0.2, 0) is 21.4 Å². The molecule has 0 aliphatic carbocycles. The summed E-state index contributed by atoms with van der Waals surface area (Å²) in [6, 6.07) is 15.2. The van der Waals surface area contributed by atoms with Crippen LogP contribution in [0, 0.1) is 0 Å². The number of hydrogen-bond donors (Lipinski definition) is 2. The summed E-state index contributed by atoms with van der Waals surface area (Å²) in [7, 11) is -3.70. The molecule has 1 aliphatic heterocycles. The van der Waals surface area contributed by atoms with Gasteiger partial charge in [0.05, 0.1) is 4.90 Å². The zero-order valence-electron chi connectivity index (χ0n) is 17.5. The molecule has 31 heavy (non-hydrogen) atoms.